The smallest absolute Gasteiger partial charge is 0.352 e. The number of β-lactam (4-membered cyclic amide) rings is 1. The number of pyridine rings is 1. The van der Waals surface area contributed by atoms with Crippen LogP contribution in [0.2, 0.25) is 0 Å². The van der Waals surface area contributed by atoms with Crippen molar-refractivity contribution in [2.24, 2.45) is 5.16 Å². The van der Waals surface area contributed by atoms with Gasteiger partial charge in [0.1, 0.15) is 28.9 Å². The first kappa shape index (κ1) is 37.6. The summed E-state index contributed by atoms with van der Waals surface area (Å²) >= 11 is 2.39. The number of hydrogen-bond acceptors (Lipinski definition) is 11. The number of allylic oxidation sites excluding steroid dienone is 1. The molecule has 2 aromatic heterocycles. The van der Waals surface area contributed by atoms with Crippen molar-refractivity contribution < 1.29 is 47.3 Å². The molecule has 3 aliphatic heterocycles. The van der Waals surface area contributed by atoms with Crippen molar-refractivity contribution in [2.75, 3.05) is 23.3 Å². The number of fused-ring (bicyclic) bond motifs is 1. The standard InChI is InChI=1S/C36H34F2N8O7S2/c37-24-6-5-22(14-25(24)38)40-27(47)16-44-10-7-19(8-11-44)15-45-12-9-20(32(45)49)13-21-17-54-34-29(33(50)46(34)30(21)35(51)52)42-31(48)28(26-18-55-36(39)41-26)43-53-23-3-1-2-4-23/h5-8,10-11,13-14,18,23,29,34H,1-4,9,12,15-17H2,(H4-,39,40,41,42,47,48,51,52)/p+1/t29-,34-/m1/s1. The van der Waals surface area contributed by atoms with Gasteiger partial charge >= 0.3 is 5.97 Å². The van der Waals surface area contributed by atoms with Gasteiger partial charge in [0.2, 0.25) is 12.5 Å². The summed E-state index contributed by atoms with van der Waals surface area (Å²) in [5.41, 5.74) is 7.23. The van der Waals surface area contributed by atoms with Gasteiger partial charge in [-0.3, -0.25) is 24.1 Å². The van der Waals surface area contributed by atoms with E-state index < -0.39 is 46.7 Å². The Balaban J connectivity index is 0.977. The number of oxime groups is 1. The maximum atomic E-state index is 13.5. The van der Waals surface area contributed by atoms with Crippen LogP contribution >= 0.6 is 23.1 Å². The SMILES string of the molecule is Nc1nc(C(=NOC2CCCC2)C(=O)N[C@@H]2C(=O)N3C(C(=O)O)=C(C=C4CCN(Cc5cc[n+](CC(=O)Nc6ccc(F)c(F)c6)cc5)C4=O)CS[C@H]23)cs1. The molecule has 0 radical (unpaired) electrons. The number of carboxylic acid groups (broad SMARTS) is 1. The summed E-state index contributed by atoms with van der Waals surface area (Å²) in [6, 6.07) is 5.54. The van der Waals surface area contributed by atoms with Gasteiger partial charge in [0.15, 0.2) is 34.9 Å². The van der Waals surface area contributed by atoms with E-state index in [-0.39, 0.29) is 58.8 Å². The highest BCUT2D eigenvalue weighted by atomic mass is 32.2. The first-order valence-electron chi connectivity index (χ1n) is 17.3. The van der Waals surface area contributed by atoms with E-state index >= 15 is 0 Å². The fraction of sp³-hybridized carbons (Fsp3) is 0.333. The zero-order valence-electron chi connectivity index (χ0n) is 29.1. The molecule has 286 valence electrons. The number of benzene rings is 1. The van der Waals surface area contributed by atoms with Gasteiger partial charge in [-0.15, -0.1) is 23.1 Å². The third-order valence-electron chi connectivity index (χ3n) is 9.49. The Bertz CT molecular complexity index is 2150. The van der Waals surface area contributed by atoms with Gasteiger partial charge in [-0.05, 0) is 61.4 Å². The first-order valence-corrected chi connectivity index (χ1v) is 19.3. The molecule has 15 nitrogen and oxygen atoms in total. The predicted molar refractivity (Wildman–Crippen MR) is 196 cm³/mol. The minimum atomic E-state index is -1.33. The summed E-state index contributed by atoms with van der Waals surface area (Å²) in [7, 11) is 0. The number of amides is 4. The molecule has 0 spiro atoms. The van der Waals surface area contributed by atoms with E-state index in [0.29, 0.717) is 24.1 Å². The Morgan fingerprint density at radius 2 is 1.89 bits per heavy atom. The molecule has 19 heteroatoms. The van der Waals surface area contributed by atoms with E-state index in [0.717, 1.165) is 59.6 Å². The van der Waals surface area contributed by atoms with Gasteiger partial charge in [-0.25, -0.2) is 18.6 Å². The molecular formula is C36H35F2N8O7S2+. The van der Waals surface area contributed by atoms with E-state index in [1.165, 1.54) is 23.9 Å². The van der Waals surface area contributed by atoms with Gasteiger partial charge in [0.25, 0.3) is 17.7 Å². The van der Waals surface area contributed by atoms with Crippen molar-refractivity contribution in [3.63, 3.8) is 0 Å². The molecule has 1 saturated carbocycles. The minimum absolute atomic E-state index is 0.0892. The Morgan fingerprint density at radius 3 is 2.58 bits per heavy atom. The maximum Gasteiger partial charge on any atom is 0.352 e. The zero-order chi connectivity index (χ0) is 38.8. The van der Waals surface area contributed by atoms with Crippen LogP contribution in [0, 0.1) is 11.6 Å². The lowest BCUT2D eigenvalue weighted by atomic mass is 10.0. The number of halogens is 2. The number of thiazole rings is 1. The molecule has 2 saturated heterocycles. The average Bonchev–Trinajstić information content (AvgIpc) is 3.92. The molecule has 0 bridgehead atoms. The highest BCUT2D eigenvalue weighted by molar-refractivity contribution is 8.00. The van der Waals surface area contributed by atoms with Crippen LogP contribution in [-0.4, -0.2) is 85.0 Å². The van der Waals surface area contributed by atoms with Gasteiger partial charge in [0.05, 0.1) is 0 Å². The van der Waals surface area contributed by atoms with E-state index in [2.05, 4.69) is 20.8 Å². The highest BCUT2D eigenvalue weighted by Gasteiger charge is 2.54. The van der Waals surface area contributed by atoms with Crippen LogP contribution in [0.3, 0.4) is 0 Å². The first-order chi connectivity index (χ1) is 26.4. The summed E-state index contributed by atoms with van der Waals surface area (Å²) in [4.78, 5) is 77.7. The number of likely N-dealkylation sites (tertiary alicyclic amines) is 1. The monoisotopic (exact) mass is 793 g/mol. The summed E-state index contributed by atoms with van der Waals surface area (Å²) in [5, 5.41) is 20.6. The van der Waals surface area contributed by atoms with Crippen LogP contribution < -0.4 is 20.9 Å². The number of rotatable bonds is 12. The lowest BCUT2D eigenvalue weighted by Gasteiger charge is -2.49. The molecular weight excluding hydrogens is 759 g/mol. The summed E-state index contributed by atoms with van der Waals surface area (Å²) in [6.07, 6.45) is 8.69. The maximum absolute atomic E-state index is 13.5. The fourth-order valence-corrected chi connectivity index (χ4v) is 8.56. The third kappa shape index (κ3) is 8.21. The predicted octanol–water partition coefficient (Wildman–Crippen LogP) is 2.69. The zero-order valence-corrected chi connectivity index (χ0v) is 30.7. The number of carboxylic acids is 1. The number of nitrogens with zero attached hydrogens (tertiary/aromatic N) is 5. The van der Waals surface area contributed by atoms with Crippen molar-refractivity contribution in [2.45, 2.75) is 62.7 Å². The summed E-state index contributed by atoms with van der Waals surface area (Å²) in [5.74, 6) is -5.29. The number of nitrogens with one attached hydrogen (secondary N) is 2. The molecule has 7 rings (SSSR count). The number of carbonyl (C=O) groups excluding carboxylic acids is 4. The largest absolute Gasteiger partial charge is 0.477 e. The molecule has 0 unspecified atom stereocenters. The number of nitrogens with two attached hydrogens (primary N) is 1. The molecule has 55 heavy (non-hydrogen) atoms. The lowest BCUT2D eigenvalue weighted by molar-refractivity contribution is -0.684. The molecule has 1 aliphatic carbocycles. The summed E-state index contributed by atoms with van der Waals surface area (Å²) in [6.45, 7) is 0.557. The van der Waals surface area contributed by atoms with Gasteiger partial charge in [-0.2, -0.15) is 4.57 Å². The topological polar surface area (TPSA) is 200 Å². The fourth-order valence-electron chi connectivity index (χ4n) is 6.71. The average molecular weight is 794 g/mol. The third-order valence-corrected chi connectivity index (χ3v) is 11.5. The molecule has 1 aromatic carbocycles. The van der Waals surface area contributed by atoms with Gasteiger partial charge in [0, 0.05) is 53.7 Å². The van der Waals surface area contributed by atoms with Crippen LogP contribution in [-0.2, 0) is 41.9 Å². The van der Waals surface area contributed by atoms with Crippen LogP contribution in [0.5, 0.6) is 0 Å². The van der Waals surface area contributed by atoms with E-state index in [1.807, 2.05) is 0 Å². The Labute approximate surface area is 320 Å². The van der Waals surface area contributed by atoms with Crippen LogP contribution in [0.1, 0.15) is 43.4 Å². The highest BCUT2D eigenvalue weighted by Crippen LogP contribution is 2.41. The lowest BCUT2D eigenvalue weighted by Crippen LogP contribution is -2.71. The second-order valence-electron chi connectivity index (χ2n) is 13.3. The molecule has 3 fully saturated rings. The number of anilines is 2. The Morgan fingerprint density at radius 1 is 1.13 bits per heavy atom. The van der Waals surface area contributed by atoms with Crippen molar-refractivity contribution in [1.82, 2.24) is 20.1 Å². The molecule has 5 heterocycles. The molecule has 4 amide bonds. The van der Waals surface area contributed by atoms with Crippen molar-refractivity contribution >= 4 is 69.2 Å². The number of nitrogen functional groups attached to an aromatic ring is 1. The van der Waals surface area contributed by atoms with Crippen molar-refractivity contribution in [3.05, 3.63) is 93.9 Å². The molecule has 2 atom stereocenters. The van der Waals surface area contributed by atoms with E-state index in [4.69, 9.17) is 10.6 Å². The van der Waals surface area contributed by atoms with E-state index in [1.54, 1.807) is 39.4 Å². The summed E-state index contributed by atoms with van der Waals surface area (Å²) < 4.78 is 28.2. The normalized spacial score (nSPS) is 20.8. The van der Waals surface area contributed by atoms with Gasteiger partial charge < -0.3 is 31.2 Å². The van der Waals surface area contributed by atoms with Crippen molar-refractivity contribution in [3.8, 4) is 0 Å². The van der Waals surface area contributed by atoms with Crippen LogP contribution in [0.15, 0.2) is 76.2 Å². The second-order valence-corrected chi connectivity index (χ2v) is 15.3. The molecule has 4 aliphatic rings. The Hall–Kier alpha value is -5.69. The number of carbonyl (C=O) groups is 5. The number of hydrogen-bond donors (Lipinski definition) is 4. The second kappa shape index (κ2) is 16.0. The van der Waals surface area contributed by atoms with E-state index in [9.17, 15) is 37.9 Å². The number of aliphatic carboxylic acids is 1. The van der Waals surface area contributed by atoms with Crippen LogP contribution in [0.4, 0.5) is 19.6 Å². The Kier molecular flexibility index (Phi) is 10.9. The minimum Gasteiger partial charge on any atom is -0.477 e. The molecule has 3 aromatic rings. The number of aromatic nitrogens is 2. The van der Waals surface area contributed by atoms with Crippen molar-refractivity contribution in [1.29, 1.82) is 0 Å². The quantitative estimate of drug-likeness (QED) is 0.0695. The van der Waals surface area contributed by atoms with Crippen LogP contribution in [0.25, 0.3) is 0 Å². The van der Waals surface area contributed by atoms with Gasteiger partial charge in [-0.1, -0.05) is 5.16 Å². The molecule has 5 N–H and O–H groups in total. The number of thioether (sulfide) groups is 1.